The second-order valence-corrected chi connectivity index (χ2v) is 5.69. The van der Waals surface area contributed by atoms with Crippen molar-refractivity contribution in [3.8, 4) is 0 Å². The number of nitrogens with one attached hydrogen (secondary N) is 1. The highest BCUT2D eigenvalue weighted by Gasteiger charge is 2.13. The summed E-state index contributed by atoms with van der Waals surface area (Å²) in [7, 11) is -1.75. The summed E-state index contributed by atoms with van der Waals surface area (Å²) in [5.74, 6) is -2.97. The molecular formula is C14H12F2N2O2S. The lowest BCUT2D eigenvalue weighted by molar-refractivity contribution is -0.113. The molecule has 0 aliphatic rings. The van der Waals surface area contributed by atoms with Crippen LogP contribution in [-0.4, -0.2) is 15.9 Å². The molecule has 4 nitrogen and oxygen atoms in total. The minimum atomic E-state index is -1.75. The first-order valence-electron chi connectivity index (χ1n) is 5.94. The first-order chi connectivity index (χ1) is 9.95. The maximum atomic E-state index is 13.0. The van der Waals surface area contributed by atoms with Gasteiger partial charge in [-0.2, -0.15) is 0 Å². The topological polar surface area (TPSA) is 72.2 Å². The molecule has 1 atom stereocenters. The third kappa shape index (κ3) is 4.09. The minimum absolute atomic E-state index is 0.0568. The zero-order valence-corrected chi connectivity index (χ0v) is 11.6. The van der Waals surface area contributed by atoms with E-state index < -0.39 is 28.3 Å². The van der Waals surface area contributed by atoms with Crippen molar-refractivity contribution in [2.75, 3.05) is 16.8 Å². The van der Waals surface area contributed by atoms with E-state index in [-0.39, 0.29) is 10.6 Å². The van der Waals surface area contributed by atoms with Crippen LogP contribution in [0.15, 0.2) is 47.4 Å². The number of anilines is 2. The lowest BCUT2D eigenvalue weighted by atomic mass is 10.3. The lowest BCUT2D eigenvalue weighted by Crippen LogP contribution is -2.19. The smallest absolute Gasteiger partial charge is 0.237 e. The summed E-state index contributed by atoms with van der Waals surface area (Å²) < 4.78 is 37.7. The highest BCUT2D eigenvalue weighted by molar-refractivity contribution is 7.85. The molecule has 0 aromatic heterocycles. The van der Waals surface area contributed by atoms with Crippen LogP contribution in [0, 0.1) is 11.6 Å². The summed E-state index contributed by atoms with van der Waals surface area (Å²) in [6, 6.07) is 9.32. The van der Waals surface area contributed by atoms with Crippen molar-refractivity contribution in [2.24, 2.45) is 0 Å². The van der Waals surface area contributed by atoms with Gasteiger partial charge in [-0.05, 0) is 42.5 Å². The minimum Gasteiger partial charge on any atom is -0.399 e. The van der Waals surface area contributed by atoms with Crippen LogP contribution in [0.2, 0.25) is 0 Å². The Labute approximate surface area is 122 Å². The molecule has 0 saturated heterocycles. The van der Waals surface area contributed by atoms with E-state index in [4.69, 9.17) is 5.73 Å². The van der Waals surface area contributed by atoms with Gasteiger partial charge in [0.1, 0.15) is 5.75 Å². The Kier molecular flexibility index (Phi) is 4.64. The van der Waals surface area contributed by atoms with Crippen LogP contribution in [-0.2, 0) is 15.6 Å². The molecule has 3 N–H and O–H groups in total. The van der Waals surface area contributed by atoms with E-state index in [0.717, 1.165) is 12.1 Å². The van der Waals surface area contributed by atoms with Crippen molar-refractivity contribution in [2.45, 2.75) is 4.90 Å². The molecule has 0 fully saturated rings. The zero-order valence-electron chi connectivity index (χ0n) is 10.8. The maximum Gasteiger partial charge on any atom is 0.237 e. The first kappa shape index (κ1) is 15.1. The van der Waals surface area contributed by atoms with Crippen LogP contribution in [0.25, 0.3) is 0 Å². The van der Waals surface area contributed by atoms with Crippen LogP contribution < -0.4 is 11.1 Å². The number of carbonyl (C=O) groups is 1. The standard InChI is InChI=1S/C14H12F2N2O2S/c15-12-6-5-11(7-13(12)16)21(20)8-14(19)18-10-3-1-9(17)2-4-10/h1-7H,8,17H2,(H,18,19). The molecule has 0 heterocycles. The van der Waals surface area contributed by atoms with Gasteiger partial charge < -0.3 is 11.1 Å². The van der Waals surface area contributed by atoms with Crippen molar-refractivity contribution in [1.82, 2.24) is 0 Å². The second-order valence-electron chi connectivity index (χ2n) is 4.24. The van der Waals surface area contributed by atoms with Crippen LogP contribution in [0.4, 0.5) is 20.2 Å². The predicted molar refractivity (Wildman–Crippen MR) is 77.1 cm³/mol. The average Bonchev–Trinajstić information content (AvgIpc) is 2.44. The molecule has 7 heteroatoms. The largest absolute Gasteiger partial charge is 0.399 e. The van der Waals surface area contributed by atoms with E-state index in [1.807, 2.05) is 0 Å². The van der Waals surface area contributed by atoms with E-state index >= 15 is 0 Å². The predicted octanol–water partition coefficient (Wildman–Crippen LogP) is 2.29. The number of amides is 1. The number of hydrogen-bond donors (Lipinski definition) is 2. The molecule has 1 amide bonds. The molecule has 0 aliphatic heterocycles. The van der Waals surface area contributed by atoms with E-state index in [1.54, 1.807) is 24.3 Å². The lowest BCUT2D eigenvalue weighted by Gasteiger charge is -2.06. The molecule has 0 spiro atoms. The molecule has 1 unspecified atom stereocenters. The van der Waals surface area contributed by atoms with E-state index in [2.05, 4.69) is 5.32 Å². The van der Waals surface area contributed by atoms with Gasteiger partial charge >= 0.3 is 0 Å². The average molecular weight is 310 g/mol. The summed E-state index contributed by atoms with van der Waals surface area (Å²) in [5.41, 5.74) is 6.58. The highest BCUT2D eigenvalue weighted by atomic mass is 32.2. The van der Waals surface area contributed by atoms with Gasteiger partial charge in [-0.25, -0.2) is 8.78 Å². The maximum absolute atomic E-state index is 13.0. The van der Waals surface area contributed by atoms with Gasteiger partial charge in [0.05, 0.1) is 10.8 Å². The molecule has 0 bridgehead atoms. The Morgan fingerprint density at radius 3 is 2.38 bits per heavy atom. The summed E-state index contributed by atoms with van der Waals surface area (Å²) in [4.78, 5) is 11.8. The molecule has 110 valence electrons. The van der Waals surface area contributed by atoms with Gasteiger partial charge in [-0.15, -0.1) is 0 Å². The number of hydrogen-bond acceptors (Lipinski definition) is 3. The SMILES string of the molecule is Nc1ccc(NC(=O)CS(=O)c2ccc(F)c(F)c2)cc1. The van der Waals surface area contributed by atoms with Gasteiger partial charge in [0.25, 0.3) is 0 Å². The molecule has 2 rings (SSSR count). The van der Waals surface area contributed by atoms with Crippen LogP contribution in [0.5, 0.6) is 0 Å². The zero-order chi connectivity index (χ0) is 15.4. The number of halogens is 2. The van der Waals surface area contributed by atoms with Crippen LogP contribution >= 0.6 is 0 Å². The van der Waals surface area contributed by atoms with Crippen molar-refractivity contribution < 1.29 is 17.8 Å². The molecule has 0 radical (unpaired) electrons. The van der Waals surface area contributed by atoms with Crippen molar-refractivity contribution in [3.63, 3.8) is 0 Å². The Morgan fingerprint density at radius 2 is 1.76 bits per heavy atom. The first-order valence-corrected chi connectivity index (χ1v) is 7.26. The van der Waals surface area contributed by atoms with Crippen LogP contribution in [0.1, 0.15) is 0 Å². The number of carbonyl (C=O) groups excluding carboxylic acids is 1. The molecule has 2 aromatic carbocycles. The summed E-state index contributed by atoms with van der Waals surface area (Å²) >= 11 is 0. The Hall–Kier alpha value is -2.28. The quantitative estimate of drug-likeness (QED) is 0.851. The molecule has 0 aliphatic carbocycles. The number of nitrogens with two attached hydrogens (primary N) is 1. The molecule has 2 aromatic rings. The second kappa shape index (κ2) is 6.45. The van der Waals surface area contributed by atoms with Crippen LogP contribution in [0.3, 0.4) is 0 Å². The normalized spacial score (nSPS) is 11.9. The van der Waals surface area contributed by atoms with E-state index in [0.29, 0.717) is 11.4 Å². The molecule has 21 heavy (non-hydrogen) atoms. The fourth-order valence-corrected chi connectivity index (χ4v) is 2.52. The number of benzene rings is 2. The fourth-order valence-electron chi connectivity index (χ4n) is 1.58. The van der Waals surface area contributed by atoms with E-state index in [9.17, 15) is 17.8 Å². The van der Waals surface area contributed by atoms with Gasteiger partial charge in [-0.3, -0.25) is 9.00 Å². The number of rotatable bonds is 4. The fraction of sp³-hybridized carbons (Fsp3) is 0.0714. The van der Waals surface area contributed by atoms with Gasteiger partial charge in [0.15, 0.2) is 11.6 Å². The van der Waals surface area contributed by atoms with Crippen molar-refractivity contribution in [3.05, 3.63) is 54.1 Å². The molecule has 0 saturated carbocycles. The number of nitrogen functional groups attached to an aromatic ring is 1. The van der Waals surface area contributed by atoms with Gasteiger partial charge in [0, 0.05) is 16.3 Å². The van der Waals surface area contributed by atoms with Gasteiger partial charge in [0.2, 0.25) is 5.91 Å². The van der Waals surface area contributed by atoms with E-state index in [1.165, 1.54) is 6.07 Å². The third-order valence-corrected chi connectivity index (χ3v) is 3.91. The Bertz CT molecular complexity index is 690. The van der Waals surface area contributed by atoms with Crippen molar-refractivity contribution in [1.29, 1.82) is 0 Å². The third-order valence-electron chi connectivity index (χ3n) is 2.61. The molecular weight excluding hydrogens is 298 g/mol. The summed E-state index contributed by atoms with van der Waals surface area (Å²) in [6.07, 6.45) is 0. The van der Waals surface area contributed by atoms with Gasteiger partial charge in [-0.1, -0.05) is 0 Å². The highest BCUT2D eigenvalue weighted by Crippen LogP contribution is 2.14. The van der Waals surface area contributed by atoms with Crippen molar-refractivity contribution >= 4 is 28.1 Å². The Balaban J connectivity index is 2.00. The summed E-state index contributed by atoms with van der Waals surface area (Å²) in [6.45, 7) is 0. The monoisotopic (exact) mass is 310 g/mol. The Morgan fingerprint density at radius 1 is 1.10 bits per heavy atom. The summed E-state index contributed by atoms with van der Waals surface area (Å²) in [5, 5.41) is 2.54.